The lowest BCUT2D eigenvalue weighted by Gasteiger charge is -2.30. The Hall–Kier alpha value is -3.57. The van der Waals surface area contributed by atoms with Crippen LogP contribution in [0.3, 0.4) is 0 Å². The van der Waals surface area contributed by atoms with Gasteiger partial charge in [0.2, 0.25) is 17.7 Å². The normalized spacial score (nSPS) is 19.6. The second kappa shape index (κ2) is 11.0. The summed E-state index contributed by atoms with van der Waals surface area (Å²) in [6.45, 7) is -0.255. The third-order valence-electron chi connectivity index (χ3n) is 7.04. The van der Waals surface area contributed by atoms with Gasteiger partial charge in [-0.3, -0.25) is 23.7 Å². The number of thiazole rings is 1. The van der Waals surface area contributed by atoms with Crippen LogP contribution in [0.5, 0.6) is 5.75 Å². The molecule has 12 heteroatoms. The predicted octanol–water partition coefficient (Wildman–Crippen LogP) is 5.66. The molecule has 1 aromatic heterocycles. The van der Waals surface area contributed by atoms with Gasteiger partial charge in [-0.1, -0.05) is 58.4 Å². The van der Waals surface area contributed by atoms with Crippen molar-refractivity contribution in [2.24, 2.45) is 5.92 Å². The summed E-state index contributed by atoms with van der Waals surface area (Å²) in [5.41, 5.74) is 1.73. The van der Waals surface area contributed by atoms with Crippen LogP contribution in [0.25, 0.3) is 0 Å². The van der Waals surface area contributed by atoms with Crippen LogP contribution in [-0.2, 0) is 20.9 Å². The molecule has 0 aliphatic carbocycles. The van der Waals surface area contributed by atoms with Gasteiger partial charge in [0, 0.05) is 26.5 Å². The van der Waals surface area contributed by atoms with E-state index in [0.29, 0.717) is 37.1 Å². The van der Waals surface area contributed by atoms with Crippen molar-refractivity contribution in [2.75, 3.05) is 17.3 Å². The molecule has 0 spiro atoms. The molecular formula is C29H21Cl2N3O5S2. The third kappa shape index (κ3) is 5.05. The summed E-state index contributed by atoms with van der Waals surface area (Å²) in [6, 6.07) is 20.4. The molecule has 2 unspecified atom stereocenters. The minimum absolute atomic E-state index is 0.255. The van der Waals surface area contributed by atoms with Crippen molar-refractivity contribution in [3.8, 4) is 5.75 Å². The number of amides is 3. The van der Waals surface area contributed by atoms with Gasteiger partial charge in [-0.05, 0) is 66.2 Å². The molecule has 3 amide bonds. The standard InChI is InChI=1S/C29H21Cl2N3O5S2/c1-39-20-12-10-19(11-13-20)34-26(36)23-22(15-2-4-16(30)5-3-15)25-28(40-24(23)27(34)37)33(29(38)41-25)14-21(35)32-18-8-6-17(31)7-9-18/h2-13,22-24H,14H2,1H3,(H,32,35)/t22-,23?,24?/m1/s1. The first kappa shape index (κ1) is 27.6. The maximum Gasteiger partial charge on any atom is 0.308 e. The average molecular weight is 627 g/mol. The Labute approximate surface area is 252 Å². The molecule has 1 fully saturated rings. The van der Waals surface area contributed by atoms with Gasteiger partial charge in [0.15, 0.2) is 0 Å². The molecule has 1 N–H and O–H groups in total. The summed E-state index contributed by atoms with van der Waals surface area (Å²) < 4.78 is 6.60. The maximum absolute atomic E-state index is 13.9. The first-order chi connectivity index (χ1) is 19.7. The van der Waals surface area contributed by atoms with E-state index in [9.17, 15) is 19.2 Å². The molecule has 0 bridgehead atoms. The number of nitrogens with zero attached hydrogens (tertiary/aromatic N) is 2. The minimum Gasteiger partial charge on any atom is -0.497 e. The smallest absolute Gasteiger partial charge is 0.308 e. The van der Waals surface area contributed by atoms with Crippen LogP contribution < -0.4 is 19.8 Å². The molecule has 3 atom stereocenters. The Morgan fingerprint density at radius 2 is 1.54 bits per heavy atom. The highest BCUT2D eigenvalue weighted by Crippen LogP contribution is 2.54. The van der Waals surface area contributed by atoms with E-state index in [1.54, 1.807) is 72.8 Å². The molecule has 41 heavy (non-hydrogen) atoms. The fraction of sp³-hybridized carbons (Fsp3) is 0.172. The van der Waals surface area contributed by atoms with Crippen molar-refractivity contribution < 1.29 is 19.1 Å². The van der Waals surface area contributed by atoms with Gasteiger partial charge >= 0.3 is 4.87 Å². The van der Waals surface area contributed by atoms with Gasteiger partial charge in [-0.25, -0.2) is 4.90 Å². The number of benzene rings is 3. The van der Waals surface area contributed by atoms with Gasteiger partial charge in [0.05, 0.1) is 23.7 Å². The van der Waals surface area contributed by atoms with E-state index in [1.807, 2.05) is 0 Å². The number of anilines is 2. The first-order valence-electron chi connectivity index (χ1n) is 12.5. The average Bonchev–Trinajstić information content (AvgIpc) is 3.41. The largest absolute Gasteiger partial charge is 0.497 e. The number of hydrogen-bond donors (Lipinski definition) is 1. The molecule has 1 saturated heterocycles. The van der Waals surface area contributed by atoms with E-state index in [1.165, 1.54) is 16.6 Å². The Kier molecular flexibility index (Phi) is 7.41. The number of imide groups is 1. The number of ether oxygens (including phenoxy) is 1. The molecule has 2 aliphatic heterocycles. The molecule has 3 aromatic carbocycles. The fourth-order valence-corrected chi connectivity index (χ4v) is 8.17. The quantitative estimate of drug-likeness (QED) is 0.278. The molecule has 8 nitrogen and oxygen atoms in total. The van der Waals surface area contributed by atoms with Crippen molar-refractivity contribution in [3.05, 3.63) is 103 Å². The molecular weight excluding hydrogens is 605 g/mol. The van der Waals surface area contributed by atoms with E-state index in [4.69, 9.17) is 27.9 Å². The lowest BCUT2D eigenvalue weighted by molar-refractivity contribution is -0.122. The van der Waals surface area contributed by atoms with Gasteiger partial charge in [-0.2, -0.15) is 0 Å². The lowest BCUT2D eigenvalue weighted by Crippen LogP contribution is -2.33. The molecule has 3 heterocycles. The van der Waals surface area contributed by atoms with Crippen molar-refractivity contribution >= 4 is 75.4 Å². The zero-order chi connectivity index (χ0) is 28.8. The maximum atomic E-state index is 13.9. The highest BCUT2D eigenvalue weighted by Gasteiger charge is 2.56. The van der Waals surface area contributed by atoms with Gasteiger partial charge in [0.25, 0.3) is 0 Å². The van der Waals surface area contributed by atoms with Crippen molar-refractivity contribution in [3.63, 3.8) is 0 Å². The number of carbonyl (C=O) groups excluding carboxylic acids is 3. The Balaban J connectivity index is 1.39. The Morgan fingerprint density at radius 1 is 0.902 bits per heavy atom. The number of fused-ring (bicyclic) bond motifs is 2. The number of methoxy groups -OCH3 is 1. The topological polar surface area (TPSA) is 97.7 Å². The summed E-state index contributed by atoms with van der Waals surface area (Å²) in [7, 11) is 1.54. The number of rotatable bonds is 6. The molecule has 4 aromatic rings. The lowest BCUT2D eigenvalue weighted by atomic mass is 9.83. The summed E-state index contributed by atoms with van der Waals surface area (Å²) in [5, 5.41) is 3.54. The summed E-state index contributed by atoms with van der Waals surface area (Å²) >= 11 is 14.2. The van der Waals surface area contributed by atoms with E-state index < -0.39 is 23.0 Å². The minimum atomic E-state index is -0.794. The van der Waals surface area contributed by atoms with E-state index in [2.05, 4.69) is 5.32 Å². The van der Waals surface area contributed by atoms with Crippen LogP contribution in [0.2, 0.25) is 10.0 Å². The molecule has 0 radical (unpaired) electrons. The van der Waals surface area contributed by atoms with Crippen LogP contribution in [0.4, 0.5) is 11.4 Å². The second-order valence-electron chi connectivity index (χ2n) is 9.48. The summed E-state index contributed by atoms with van der Waals surface area (Å²) in [6.07, 6.45) is 0. The van der Waals surface area contributed by atoms with Crippen molar-refractivity contribution in [1.82, 2.24) is 4.57 Å². The highest BCUT2D eigenvalue weighted by molar-refractivity contribution is 8.00. The zero-order valence-electron chi connectivity index (χ0n) is 21.4. The summed E-state index contributed by atoms with van der Waals surface area (Å²) in [4.78, 5) is 55.5. The molecule has 208 valence electrons. The van der Waals surface area contributed by atoms with E-state index >= 15 is 0 Å². The summed E-state index contributed by atoms with van der Waals surface area (Å²) in [5.74, 6) is -1.87. The van der Waals surface area contributed by atoms with Crippen LogP contribution in [0, 0.1) is 5.92 Å². The van der Waals surface area contributed by atoms with Gasteiger partial charge < -0.3 is 10.1 Å². The van der Waals surface area contributed by atoms with Crippen molar-refractivity contribution in [2.45, 2.75) is 22.7 Å². The molecule has 2 aliphatic rings. The molecule has 6 rings (SSSR count). The first-order valence-corrected chi connectivity index (χ1v) is 14.9. The second-order valence-corrected chi connectivity index (χ2v) is 12.5. The molecule has 0 saturated carbocycles. The SMILES string of the molecule is COc1ccc(N2C(=O)C3Sc4c(sc(=O)n4CC(=O)Nc4ccc(Cl)cc4)[C@H](c4ccc(Cl)cc4)C3C2=O)cc1. The Morgan fingerprint density at radius 3 is 2.17 bits per heavy atom. The van der Waals surface area contributed by atoms with Crippen molar-refractivity contribution in [1.29, 1.82) is 0 Å². The van der Waals surface area contributed by atoms with Crippen LogP contribution in [0.15, 0.2) is 82.6 Å². The Bertz CT molecular complexity index is 1720. The van der Waals surface area contributed by atoms with E-state index in [-0.39, 0.29) is 23.2 Å². The fourth-order valence-electron chi connectivity index (χ4n) is 5.15. The predicted molar refractivity (Wildman–Crippen MR) is 161 cm³/mol. The number of halogens is 2. The van der Waals surface area contributed by atoms with Crippen LogP contribution >= 0.6 is 46.3 Å². The van der Waals surface area contributed by atoms with Gasteiger partial charge in [-0.15, -0.1) is 0 Å². The number of hydrogen-bond acceptors (Lipinski definition) is 7. The number of thioether (sulfide) groups is 1. The monoisotopic (exact) mass is 625 g/mol. The zero-order valence-corrected chi connectivity index (χ0v) is 24.5. The van der Waals surface area contributed by atoms with E-state index in [0.717, 1.165) is 28.7 Å². The number of nitrogens with one attached hydrogen (secondary N) is 1. The van der Waals surface area contributed by atoms with Gasteiger partial charge in [0.1, 0.15) is 17.5 Å². The number of aromatic nitrogens is 1. The van der Waals surface area contributed by atoms with Crippen LogP contribution in [0.1, 0.15) is 16.4 Å². The third-order valence-corrected chi connectivity index (χ3v) is 10.1. The highest BCUT2D eigenvalue weighted by atomic mass is 35.5. The van der Waals surface area contributed by atoms with Crippen LogP contribution in [-0.4, -0.2) is 34.6 Å². The number of carbonyl (C=O) groups is 3.